The number of nitrogens with zero attached hydrogens (tertiary/aromatic N) is 2. The topological polar surface area (TPSA) is 91.4 Å². The number of nitrogens with one attached hydrogen (secondary N) is 2. The molecule has 0 spiro atoms. The lowest BCUT2D eigenvalue weighted by molar-refractivity contribution is -0.114. The Morgan fingerprint density at radius 2 is 1.86 bits per heavy atom. The Labute approximate surface area is 221 Å². The zero-order chi connectivity index (χ0) is 25.9. The largest absolute Gasteiger partial charge is 0.350 e. The molecule has 0 unspecified atom stereocenters. The summed E-state index contributed by atoms with van der Waals surface area (Å²) >= 11 is 1.65. The monoisotopic (exact) mass is 516 g/mol. The lowest BCUT2D eigenvalue weighted by Gasteiger charge is -2.35. The molecule has 1 aliphatic heterocycles. The summed E-state index contributed by atoms with van der Waals surface area (Å²) in [5.41, 5.74) is 3.77. The molecule has 3 aromatic rings. The molecule has 1 atom stereocenters. The van der Waals surface area contributed by atoms with Crippen molar-refractivity contribution in [3.63, 3.8) is 0 Å². The molecule has 3 amide bonds. The van der Waals surface area contributed by atoms with Gasteiger partial charge in [0.15, 0.2) is 0 Å². The average Bonchev–Trinajstić information content (AvgIpc) is 3.65. The van der Waals surface area contributed by atoms with E-state index < -0.39 is 0 Å². The zero-order valence-electron chi connectivity index (χ0n) is 21.3. The molecule has 2 aliphatic rings. The number of benzene rings is 2. The molecule has 7 nitrogen and oxygen atoms in total. The van der Waals surface area contributed by atoms with Gasteiger partial charge in [0.25, 0.3) is 11.8 Å². The molecule has 0 bridgehead atoms. The first-order chi connectivity index (χ1) is 17.9. The van der Waals surface area contributed by atoms with Crippen LogP contribution in [-0.4, -0.2) is 46.7 Å². The smallest absolute Gasteiger partial charge is 0.274 e. The maximum Gasteiger partial charge on any atom is 0.274 e. The predicted octanol–water partition coefficient (Wildman–Crippen LogP) is 5.38. The summed E-state index contributed by atoms with van der Waals surface area (Å²) in [6.07, 6.45) is 5.05. The zero-order valence-corrected chi connectivity index (χ0v) is 22.1. The molecule has 1 aliphatic carbocycles. The van der Waals surface area contributed by atoms with Gasteiger partial charge in [0.05, 0.1) is 9.88 Å². The van der Waals surface area contributed by atoms with Crippen LogP contribution in [0.15, 0.2) is 48.5 Å². The fraction of sp³-hybridized carbons (Fsp3) is 0.379. The van der Waals surface area contributed by atoms with Crippen LogP contribution in [0.1, 0.15) is 76.4 Å². The number of carbonyl (C=O) groups is 3. The first-order valence-corrected chi connectivity index (χ1v) is 13.8. The summed E-state index contributed by atoms with van der Waals surface area (Å²) in [5.74, 6) is 0.00667. The van der Waals surface area contributed by atoms with Crippen LogP contribution in [0.4, 0.5) is 5.69 Å². The summed E-state index contributed by atoms with van der Waals surface area (Å²) in [7, 11) is 0. The minimum Gasteiger partial charge on any atom is -0.350 e. The highest BCUT2D eigenvalue weighted by molar-refractivity contribution is 7.15. The van der Waals surface area contributed by atoms with Gasteiger partial charge in [-0.3, -0.25) is 14.4 Å². The predicted molar refractivity (Wildman–Crippen MR) is 146 cm³/mol. The second-order valence-electron chi connectivity index (χ2n) is 9.99. The van der Waals surface area contributed by atoms with Crippen LogP contribution in [0.5, 0.6) is 0 Å². The van der Waals surface area contributed by atoms with Crippen LogP contribution in [0.25, 0.3) is 10.4 Å². The van der Waals surface area contributed by atoms with Crippen molar-refractivity contribution in [2.75, 3.05) is 18.4 Å². The van der Waals surface area contributed by atoms with Gasteiger partial charge in [0, 0.05) is 43.2 Å². The number of carbonyl (C=O) groups excluding carboxylic acids is 3. The summed E-state index contributed by atoms with van der Waals surface area (Å²) in [4.78, 5) is 45.9. The number of amides is 3. The van der Waals surface area contributed by atoms with Crippen LogP contribution < -0.4 is 10.6 Å². The Kier molecular flexibility index (Phi) is 7.37. The van der Waals surface area contributed by atoms with E-state index in [9.17, 15) is 14.4 Å². The van der Waals surface area contributed by atoms with Gasteiger partial charge in [-0.1, -0.05) is 35.9 Å². The minimum atomic E-state index is -0.227. The molecule has 2 aromatic carbocycles. The summed E-state index contributed by atoms with van der Waals surface area (Å²) in [6, 6.07) is 15.0. The van der Waals surface area contributed by atoms with Crippen molar-refractivity contribution in [1.29, 1.82) is 0 Å². The van der Waals surface area contributed by atoms with Crippen molar-refractivity contribution in [3.8, 4) is 10.4 Å². The molecule has 5 rings (SSSR count). The molecule has 1 saturated carbocycles. The number of aryl methyl sites for hydroxylation is 1. The fourth-order valence-corrected chi connectivity index (χ4v) is 6.06. The third kappa shape index (κ3) is 5.91. The Bertz CT molecular complexity index is 1330. The molecular formula is C29H32N4O3S. The first kappa shape index (κ1) is 25.1. The van der Waals surface area contributed by atoms with Crippen LogP contribution in [0, 0.1) is 6.92 Å². The van der Waals surface area contributed by atoms with Gasteiger partial charge >= 0.3 is 0 Å². The van der Waals surface area contributed by atoms with Crippen LogP contribution in [0.3, 0.4) is 0 Å². The van der Waals surface area contributed by atoms with Crippen molar-refractivity contribution in [3.05, 3.63) is 70.4 Å². The number of rotatable bonds is 7. The van der Waals surface area contributed by atoms with Crippen LogP contribution >= 0.6 is 11.3 Å². The van der Waals surface area contributed by atoms with E-state index >= 15 is 0 Å². The maximum absolute atomic E-state index is 13.9. The summed E-state index contributed by atoms with van der Waals surface area (Å²) in [5, 5.41) is 6.77. The number of hydrogen-bond acceptors (Lipinski definition) is 5. The standard InChI is InChI=1S/C29H32N4O3S/c1-18-7-5-8-21(15-18)26-25(32-28(37-26)20-12-13-20)29(36)33-14-4-3-11-24(33)17-30-27(35)22-9-6-10-23(16-22)31-19(2)34/h5-10,15-16,20,24H,3-4,11-14,17H2,1-2H3,(H,30,35)(H,31,34)/t24-/m0/s1. The van der Waals surface area contributed by atoms with E-state index in [0.29, 0.717) is 36.0 Å². The van der Waals surface area contributed by atoms with E-state index in [1.165, 1.54) is 6.92 Å². The quantitative estimate of drug-likeness (QED) is 0.441. The third-order valence-corrected chi connectivity index (χ3v) is 8.15. The van der Waals surface area contributed by atoms with E-state index in [0.717, 1.165) is 53.1 Å². The van der Waals surface area contributed by atoms with Gasteiger partial charge in [0.1, 0.15) is 5.69 Å². The first-order valence-electron chi connectivity index (χ1n) is 12.9. The number of hydrogen-bond donors (Lipinski definition) is 2. The Balaban J connectivity index is 1.34. The summed E-state index contributed by atoms with van der Waals surface area (Å²) in [6.45, 7) is 4.51. The molecule has 2 heterocycles. The Morgan fingerprint density at radius 1 is 1.05 bits per heavy atom. The van der Waals surface area contributed by atoms with Crippen molar-refractivity contribution in [2.24, 2.45) is 0 Å². The van der Waals surface area contributed by atoms with Gasteiger partial charge in [-0.25, -0.2) is 4.98 Å². The molecule has 8 heteroatoms. The van der Waals surface area contributed by atoms with Crippen molar-refractivity contribution in [2.45, 2.75) is 57.9 Å². The minimum absolute atomic E-state index is 0.0498. The fourth-order valence-electron chi connectivity index (χ4n) is 4.84. The van der Waals surface area contributed by atoms with Crippen molar-refractivity contribution < 1.29 is 14.4 Å². The van der Waals surface area contributed by atoms with E-state index in [4.69, 9.17) is 4.98 Å². The Hall–Kier alpha value is -3.52. The molecule has 1 aromatic heterocycles. The number of thiazole rings is 1. The maximum atomic E-state index is 13.9. The van der Waals surface area contributed by atoms with Gasteiger partial charge in [-0.05, 0) is 62.8 Å². The van der Waals surface area contributed by atoms with Gasteiger partial charge < -0.3 is 15.5 Å². The third-order valence-electron chi connectivity index (χ3n) is 6.88. The molecule has 0 radical (unpaired) electrons. The molecule has 37 heavy (non-hydrogen) atoms. The van der Waals surface area contributed by atoms with Gasteiger partial charge in [-0.15, -0.1) is 11.3 Å². The van der Waals surface area contributed by atoms with Crippen molar-refractivity contribution in [1.82, 2.24) is 15.2 Å². The number of aromatic nitrogens is 1. The van der Waals surface area contributed by atoms with E-state index in [1.54, 1.807) is 35.6 Å². The van der Waals surface area contributed by atoms with Gasteiger partial charge in [-0.2, -0.15) is 0 Å². The van der Waals surface area contributed by atoms with E-state index in [-0.39, 0.29) is 23.8 Å². The highest BCUT2D eigenvalue weighted by Gasteiger charge is 2.34. The lowest BCUT2D eigenvalue weighted by atomic mass is 10.0. The van der Waals surface area contributed by atoms with Gasteiger partial charge in [0.2, 0.25) is 5.91 Å². The lowest BCUT2D eigenvalue weighted by Crippen LogP contribution is -2.49. The highest BCUT2D eigenvalue weighted by atomic mass is 32.1. The van der Waals surface area contributed by atoms with Crippen LogP contribution in [0.2, 0.25) is 0 Å². The Morgan fingerprint density at radius 3 is 2.62 bits per heavy atom. The highest BCUT2D eigenvalue weighted by Crippen LogP contribution is 2.45. The average molecular weight is 517 g/mol. The normalized spacial score (nSPS) is 17.4. The van der Waals surface area contributed by atoms with E-state index in [2.05, 4.69) is 35.8 Å². The summed E-state index contributed by atoms with van der Waals surface area (Å²) < 4.78 is 0. The SMILES string of the molecule is CC(=O)Nc1cccc(C(=O)NC[C@@H]2CCCCN2C(=O)c2nc(C3CC3)sc2-c2cccc(C)c2)c1. The second-order valence-corrected chi connectivity index (χ2v) is 11.0. The van der Waals surface area contributed by atoms with Crippen LogP contribution in [-0.2, 0) is 4.79 Å². The molecule has 1 saturated heterocycles. The number of anilines is 1. The molecule has 192 valence electrons. The molecule has 2 fully saturated rings. The molecular weight excluding hydrogens is 484 g/mol. The molecule has 2 N–H and O–H groups in total. The number of likely N-dealkylation sites (tertiary alicyclic amines) is 1. The van der Waals surface area contributed by atoms with E-state index in [1.807, 2.05) is 11.0 Å². The van der Waals surface area contributed by atoms with Crippen molar-refractivity contribution >= 4 is 34.7 Å². The second kappa shape index (κ2) is 10.8. The number of piperidine rings is 1.